The van der Waals surface area contributed by atoms with Gasteiger partial charge in [0.15, 0.2) is 11.3 Å². The lowest BCUT2D eigenvalue weighted by Gasteiger charge is -2.09. The number of carbonyl (C=O) groups is 1. The zero-order chi connectivity index (χ0) is 23.0. The van der Waals surface area contributed by atoms with E-state index < -0.39 is 34.0 Å². The molecule has 0 spiro atoms. The highest BCUT2D eigenvalue weighted by Gasteiger charge is 2.23. The Labute approximate surface area is 179 Å². The van der Waals surface area contributed by atoms with E-state index in [4.69, 9.17) is 28.3 Å². The fraction of sp³-hybridized carbons (Fsp3) is 0.267. The molecular weight excluding hydrogens is 459 g/mol. The van der Waals surface area contributed by atoms with Crippen LogP contribution in [0.15, 0.2) is 31.8 Å². The normalized spacial score (nSPS) is 12.0. The Kier molecular flexibility index (Phi) is 5.85. The minimum atomic E-state index is -1.76. The third-order valence-electron chi connectivity index (χ3n) is 4.33. The number of carboxylic acid groups (broad SMARTS) is 1. The van der Waals surface area contributed by atoms with Crippen LogP contribution in [0.4, 0.5) is 0 Å². The van der Waals surface area contributed by atoms with E-state index >= 15 is 0 Å². The minimum Gasteiger partial charge on any atom is -0.479 e. The number of aliphatic carboxylic acids is 1. The van der Waals surface area contributed by atoms with Gasteiger partial charge in [-0.15, -0.1) is 11.6 Å². The summed E-state index contributed by atoms with van der Waals surface area (Å²) in [5, 5.41) is 8.73. The highest BCUT2D eigenvalue weighted by atomic mass is 35.5. The largest absolute Gasteiger partial charge is 0.479 e. The van der Waals surface area contributed by atoms with Crippen LogP contribution in [0, 0.1) is 0 Å². The fourth-order valence-electron chi connectivity index (χ4n) is 2.77. The highest BCUT2D eigenvalue weighted by molar-refractivity contribution is 6.27. The Morgan fingerprint density at radius 2 is 1.48 bits per heavy atom. The molecular formula is C15H14Cl2N8O6. The molecule has 4 aromatic rings. The summed E-state index contributed by atoms with van der Waals surface area (Å²) in [6.07, 6.45) is 2.60. The molecule has 0 aliphatic heterocycles. The maximum Gasteiger partial charge on any atom is 0.342 e. The Hall–Kier alpha value is -3.65. The molecule has 0 saturated carbocycles. The first-order valence-electron chi connectivity index (χ1n) is 8.32. The van der Waals surface area contributed by atoms with Crippen LogP contribution < -0.4 is 22.5 Å². The first-order chi connectivity index (χ1) is 14.6. The summed E-state index contributed by atoms with van der Waals surface area (Å²) in [7, 11) is 2.90. The number of H-pyrrole nitrogens is 2. The number of imidazole rings is 2. The zero-order valence-electron chi connectivity index (χ0n) is 15.9. The van der Waals surface area contributed by atoms with Gasteiger partial charge in [0, 0.05) is 14.1 Å². The van der Waals surface area contributed by atoms with Crippen molar-refractivity contribution >= 4 is 51.5 Å². The summed E-state index contributed by atoms with van der Waals surface area (Å²) < 4.78 is 3.70. The average Bonchev–Trinajstić information content (AvgIpc) is 3.41. The molecule has 4 aromatic heterocycles. The van der Waals surface area contributed by atoms with Gasteiger partial charge in [0.1, 0.15) is 17.0 Å². The number of halogens is 2. The lowest BCUT2D eigenvalue weighted by molar-refractivity contribution is -0.138. The molecule has 31 heavy (non-hydrogen) atoms. The molecule has 14 nitrogen and oxygen atoms in total. The van der Waals surface area contributed by atoms with E-state index in [0.717, 1.165) is 9.13 Å². The number of alkyl halides is 2. The van der Waals surface area contributed by atoms with E-state index in [1.54, 1.807) is 0 Å². The van der Waals surface area contributed by atoms with Crippen molar-refractivity contribution in [2.45, 2.75) is 11.5 Å². The average molecular weight is 473 g/mol. The molecule has 0 saturated heterocycles. The molecule has 4 heterocycles. The molecule has 4 rings (SSSR count). The first-order valence-corrected chi connectivity index (χ1v) is 9.29. The van der Waals surface area contributed by atoms with E-state index in [0.29, 0.717) is 10.2 Å². The summed E-state index contributed by atoms with van der Waals surface area (Å²) in [6.45, 7) is 0. The van der Waals surface area contributed by atoms with Crippen LogP contribution in [0.25, 0.3) is 22.3 Å². The number of fused-ring (bicyclic) bond motifs is 2. The van der Waals surface area contributed by atoms with E-state index in [2.05, 4.69) is 19.9 Å². The van der Waals surface area contributed by atoms with Gasteiger partial charge in [-0.2, -0.15) is 0 Å². The van der Waals surface area contributed by atoms with E-state index in [1.165, 1.54) is 31.3 Å². The topological polar surface area (TPSA) is 183 Å². The number of hydrogen-bond acceptors (Lipinski definition) is 7. The first kappa shape index (κ1) is 22.0. The highest BCUT2D eigenvalue weighted by Crippen LogP contribution is 2.08. The number of aryl methyl sites for hydroxylation is 2. The lowest BCUT2D eigenvalue weighted by Crippen LogP contribution is -2.42. The molecule has 0 radical (unpaired) electrons. The van der Waals surface area contributed by atoms with E-state index in [-0.39, 0.29) is 22.7 Å². The molecule has 1 unspecified atom stereocenters. The Bertz CT molecular complexity index is 1540. The third-order valence-corrected chi connectivity index (χ3v) is 4.95. The maximum atomic E-state index is 11.8. The molecule has 0 amide bonds. The molecule has 164 valence electrons. The molecule has 3 N–H and O–H groups in total. The number of aromatic amines is 2. The SMILES string of the molecule is Cn1c(=O)n(C(Cl)C(=O)O)c(=O)c2[nH]cnc21.Cn1c(=O)n(CCl)c(=O)c2[nH]cnc21. The van der Waals surface area contributed by atoms with Crippen molar-refractivity contribution in [2.24, 2.45) is 14.1 Å². The van der Waals surface area contributed by atoms with Gasteiger partial charge < -0.3 is 15.1 Å². The number of rotatable bonds is 3. The monoisotopic (exact) mass is 472 g/mol. The summed E-state index contributed by atoms with van der Waals surface area (Å²) in [6, 6.07) is -0.166. The summed E-state index contributed by atoms with van der Waals surface area (Å²) in [4.78, 5) is 70.3. The van der Waals surface area contributed by atoms with E-state index in [1.807, 2.05) is 0 Å². The van der Waals surface area contributed by atoms with Gasteiger partial charge in [-0.05, 0) is 0 Å². The van der Waals surface area contributed by atoms with Crippen LogP contribution in [0.1, 0.15) is 5.50 Å². The molecule has 0 aliphatic carbocycles. The number of hydrogen-bond donors (Lipinski definition) is 3. The van der Waals surface area contributed by atoms with Crippen molar-refractivity contribution in [3.63, 3.8) is 0 Å². The second-order valence-electron chi connectivity index (χ2n) is 6.09. The van der Waals surface area contributed by atoms with Crippen LogP contribution in [-0.4, -0.2) is 49.3 Å². The van der Waals surface area contributed by atoms with Gasteiger partial charge in [0.25, 0.3) is 11.1 Å². The van der Waals surface area contributed by atoms with Crippen molar-refractivity contribution in [1.82, 2.24) is 38.2 Å². The number of nitrogens with one attached hydrogen (secondary N) is 2. The standard InChI is InChI=1S/C8H7ClN4O4.C7H7ClN4O2/c1-12-5-3(10-2-11-5)6(14)13(8(12)17)4(9)7(15)16;1-11-5-4(9-3-10-5)6(13)12(2-8)7(11)14/h2,4H,1H3,(H,10,11)(H,15,16);3H,2H2,1H3,(H,9,10). The molecule has 0 aliphatic rings. The second-order valence-corrected chi connectivity index (χ2v) is 6.74. The number of carboxylic acids is 1. The second kappa shape index (κ2) is 8.23. The molecule has 16 heteroatoms. The Morgan fingerprint density at radius 1 is 1.00 bits per heavy atom. The predicted octanol–water partition coefficient (Wildman–Crippen LogP) is -1.14. The van der Waals surface area contributed by atoms with Gasteiger partial charge in [-0.3, -0.25) is 18.7 Å². The van der Waals surface area contributed by atoms with Crippen molar-refractivity contribution in [2.75, 3.05) is 0 Å². The quantitative estimate of drug-likeness (QED) is 0.312. The van der Waals surface area contributed by atoms with Gasteiger partial charge in [-0.25, -0.2) is 33.5 Å². The van der Waals surface area contributed by atoms with Crippen LogP contribution in [0.2, 0.25) is 0 Å². The summed E-state index contributed by atoms with van der Waals surface area (Å²) >= 11 is 11.0. The van der Waals surface area contributed by atoms with Crippen LogP contribution in [0.3, 0.4) is 0 Å². The number of aromatic nitrogens is 8. The molecule has 0 bridgehead atoms. The summed E-state index contributed by atoms with van der Waals surface area (Å²) in [5.41, 5.74) is -3.53. The van der Waals surface area contributed by atoms with Crippen LogP contribution >= 0.6 is 23.2 Å². The minimum absolute atomic E-state index is 0.0269. The Balaban J connectivity index is 0.000000179. The molecule has 0 aromatic carbocycles. The Morgan fingerprint density at radius 3 is 1.97 bits per heavy atom. The van der Waals surface area contributed by atoms with Crippen LogP contribution in [0.5, 0.6) is 0 Å². The van der Waals surface area contributed by atoms with Crippen molar-refractivity contribution in [3.05, 3.63) is 54.3 Å². The van der Waals surface area contributed by atoms with Gasteiger partial charge in [0.05, 0.1) is 12.7 Å². The van der Waals surface area contributed by atoms with Gasteiger partial charge >= 0.3 is 17.3 Å². The van der Waals surface area contributed by atoms with Gasteiger partial charge in [0.2, 0.25) is 5.50 Å². The van der Waals surface area contributed by atoms with Crippen molar-refractivity contribution in [1.29, 1.82) is 0 Å². The molecule has 0 fully saturated rings. The van der Waals surface area contributed by atoms with E-state index in [9.17, 15) is 24.0 Å². The van der Waals surface area contributed by atoms with Crippen molar-refractivity contribution < 1.29 is 9.90 Å². The van der Waals surface area contributed by atoms with Crippen molar-refractivity contribution in [3.8, 4) is 0 Å². The lowest BCUT2D eigenvalue weighted by atomic mass is 10.5. The third kappa shape index (κ3) is 3.55. The predicted molar refractivity (Wildman–Crippen MR) is 110 cm³/mol. The van der Waals surface area contributed by atoms with Crippen LogP contribution in [-0.2, 0) is 24.9 Å². The van der Waals surface area contributed by atoms with Gasteiger partial charge in [-0.1, -0.05) is 11.6 Å². The fourth-order valence-corrected chi connectivity index (χ4v) is 3.15. The maximum absolute atomic E-state index is 11.8. The zero-order valence-corrected chi connectivity index (χ0v) is 17.4. The number of nitrogens with zero attached hydrogens (tertiary/aromatic N) is 6. The molecule has 1 atom stereocenters. The summed E-state index contributed by atoms with van der Waals surface area (Å²) in [5.74, 6) is -1.48. The smallest absolute Gasteiger partial charge is 0.342 e.